The molecule has 0 spiro atoms. The van der Waals surface area contributed by atoms with E-state index in [1.807, 2.05) is 0 Å². The number of fused-ring (bicyclic) bond motifs is 3. The average Bonchev–Trinajstić information content (AvgIpc) is 2.86. The molecule has 0 unspecified atom stereocenters. The van der Waals surface area contributed by atoms with E-state index < -0.39 is 0 Å². The lowest BCUT2D eigenvalue weighted by Gasteiger charge is -2.22. The van der Waals surface area contributed by atoms with Gasteiger partial charge in [-0.1, -0.05) is 48.5 Å². The van der Waals surface area contributed by atoms with Crippen molar-refractivity contribution in [2.75, 3.05) is 0 Å². The fourth-order valence-electron chi connectivity index (χ4n) is 3.38. The van der Waals surface area contributed by atoms with Crippen molar-refractivity contribution < 1.29 is 0 Å². The van der Waals surface area contributed by atoms with Crippen LogP contribution in [0, 0.1) is 0 Å². The highest BCUT2D eigenvalue weighted by molar-refractivity contribution is 5.85. The van der Waals surface area contributed by atoms with E-state index in [1.54, 1.807) is 0 Å². The SMILES string of the molecule is c1ccc([C@@H]2CCc3[nH]c4ccccc4c3C2)cc1. The Bertz CT molecular complexity index is 709. The molecule has 0 amide bonds. The van der Waals surface area contributed by atoms with Crippen LogP contribution in [0.15, 0.2) is 54.6 Å². The Hall–Kier alpha value is -2.02. The molecule has 1 heteroatoms. The van der Waals surface area contributed by atoms with Gasteiger partial charge in [-0.25, -0.2) is 0 Å². The summed E-state index contributed by atoms with van der Waals surface area (Å²) in [5.41, 5.74) is 5.77. The quantitative estimate of drug-likeness (QED) is 0.654. The third-order valence-electron chi connectivity index (χ3n) is 4.37. The van der Waals surface area contributed by atoms with Gasteiger partial charge in [0.2, 0.25) is 0 Å². The standard InChI is InChI=1S/C18H17N/c1-2-6-13(7-3-1)14-10-11-18-16(12-14)15-8-4-5-9-17(15)19-18/h1-9,14,19H,10-12H2/t14-/m1/s1. The largest absolute Gasteiger partial charge is 0.358 e. The van der Waals surface area contributed by atoms with Gasteiger partial charge in [0, 0.05) is 16.6 Å². The topological polar surface area (TPSA) is 15.8 Å². The lowest BCUT2D eigenvalue weighted by Crippen LogP contribution is -2.11. The molecule has 1 aliphatic carbocycles. The van der Waals surface area contributed by atoms with Crippen LogP contribution in [0.3, 0.4) is 0 Å². The highest BCUT2D eigenvalue weighted by Crippen LogP contribution is 2.36. The molecule has 2 aromatic carbocycles. The Kier molecular flexibility index (Phi) is 2.44. The van der Waals surface area contributed by atoms with Gasteiger partial charge in [-0.15, -0.1) is 0 Å². The normalized spacial score (nSPS) is 18.4. The molecule has 4 rings (SSSR count). The maximum absolute atomic E-state index is 3.59. The van der Waals surface area contributed by atoms with Crippen LogP contribution in [0.25, 0.3) is 10.9 Å². The molecule has 1 atom stereocenters. The van der Waals surface area contributed by atoms with Gasteiger partial charge in [0.15, 0.2) is 0 Å². The summed E-state index contributed by atoms with van der Waals surface area (Å²) in [5, 5.41) is 1.41. The van der Waals surface area contributed by atoms with Gasteiger partial charge in [0.25, 0.3) is 0 Å². The Balaban J connectivity index is 1.77. The first-order valence-corrected chi connectivity index (χ1v) is 7.05. The first-order chi connectivity index (χ1) is 9.42. The first-order valence-electron chi connectivity index (χ1n) is 7.05. The van der Waals surface area contributed by atoms with Crippen LogP contribution in [0.5, 0.6) is 0 Å². The van der Waals surface area contributed by atoms with Crippen LogP contribution < -0.4 is 0 Å². The summed E-state index contributed by atoms with van der Waals surface area (Å²) >= 11 is 0. The van der Waals surface area contributed by atoms with Gasteiger partial charge in [-0.2, -0.15) is 0 Å². The Morgan fingerprint density at radius 1 is 0.895 bits per heavy atom. The predicted molar refractivity (Wildman–Crippen MR) is 79.5 cm³/mol. The predicted octanol–water partition coefficient (Wildman–Crippen LogP) is 4.44. The summed E-state index contributed by atoms with van der Waals surface area (Å²) in [4.78, 5) is 3.59. The minimum Gasteiger partial charge on any atom is -0.358 e. The molecular formula is C18H17N. The van der Waals surface area contributed by atoms with E-state index in [-0.39, 0.29) is 0 Å². The number of rotatable bonds is 1. The number of aromatic nitrogens is 1. The molecule has 1 aromatic heterocycles. The summed E-state index contributed by atoms with van der Waals surface area (Å²) in [6.45, 7) is 0. The van der Waals surface area contributed by atoms with Gasteiger partial charge in [-0.05, 0) is 42.4 Å². The Labute approximate surface area is 113 Å². The van der Waals surface area contributed by atoms with Crippen LogP contribution in [-0.2, 0) is 12.8 Å². The van der Waals surface area contributed by atoms with Crippen molar-refractivity contribution in [3.05, 3.63) is 71.4 Å². The van der Waals surface area contributed by atoms with Crippen molar-refractivity contribution in [1.82, 2.24) is 4.98 Å². The van der Waals surface area contributed by atoms with E-state index in [0.717, 1.165) is 0 Å². The number of benzene rings is 2. The molecule has 0 radical (unpaired) electrons. The summed E-state index contributed by atoms with van der Waals surface area (Å²) in [6.07, 6.45) is 3.59. The highest BCUT2D eigenvalue weighted by atomic mass is 14.7. The number of nitrogens with one attached hydrogen (secondary N) is 1. The van der Waals surface area contributed by atoms with Crippen molar-refractivity contribution in [1.29, 1.82) is 0 Å². The van der Waals surface area contributed by atoms with Crippen LogP contribution >= 0.6 is 0 Å². The van der Waals surface area contributed by atoms with E-state index in [4.69, 9.17) is 0 Å². The molecule has 1 nitrogen and oxygen atoms in total. The number of hydrogen-bond donors (Lipinski definition) is 1. The number of para-hydroxylation sites is 1. The van der Waals surface area contributed by atoms with E-state index in [2.05, 4.69) is 59.6 Å². The summed E-state index contributed by atoms with van der Waals surface area (Å²) in [6, 6.07) is 19.6. The van der Waals surface area contributed by atoms with Crippen molar-refractivity contribution >= 4 is 10.9 Å². The average molecular weight is 247 g/mol. The second-order valence-electron chi connectivity index (χ2n) is 5.48. The van der Waals surface area contributed by atoms with E-state index in [0.29, 0.717) is 5.92 Å². The summed E-state index contributed by atoms with van der Waals surface area (Å²) in [7, 11) is 0. The zero-order chi connectivity index (χ0) is 12.7. The number of aromatic amines is 1. The fourth-order valence-corrected chi connectivity index (χ4v) is 3.38. The molecule has 0 aliphatic heterocycles. The maximum atomic E-state index is 3.59. The van der Waals surface area contributed by atoms with Gasteiger partial charge in [-0.3, -0.25) is 0 Å². The summed E-state index contributed by atoms with van der Waals surface area (Å²) in [5.74, 6) is 0.674. The first kappa shape index (κ1) is 10.9. The second-order valence-corrected chi connectivity index (χ2v) is 5.48. The van der Waals surface area contributed by atoms with E-state index in [1.165, 1.54) is 47.0 Å². The van der Waals surface area contributed by atoms with E-state index in [9.17, 15) is 0 Å². The van der Waals surface area contributed by atoms with Gasteiger partial charge in [0.1, 0.15) is 0 Å². The molecule has 19 heavy (non-hydrogen) atoms. The Morgan fingerprint density at radius 3 is 2.58 bits per heavy atom. The molecule has 94 valence electrons. The third kappa shape index (κ3) is 1.77. The van der Waals surface area contributed by atoms with Gasteiger partial charge in [0.05, 0.1) is 0 Å². The molecule has 1 heterocycles. The van der Waals surface area contributed by atoms with E-state index >= 15 is 0 Å². The lowest BCUT2D eigenvalue weighted by molar-refractivity contribution is 0.582. The van der Waals surface area contributed by atoms with Crippen molar-refractivity contribution in [2.45, 2.75) is 25.2 Å². The van der Waals surface area contributed by atoms with Gasteiger partial charge < -0.3 is 4.98 Å². The molecule has 0 saturated carbocycles. The van der Waals surface area contributed by atoms with Crippen molar-refractivity contribution in [3.8, 4) is 0 Å². The second kappa shape index (κ2) is 4.27. The summed E-state index contributed by atoms with van der Waals surface area (Å²) < 4.78 is 0. The monoisotopic (exact) mass is 247 g/mol. The minimum atomic E-state index is 0.674. The number of aryl methyl sites for hydroxylation is 1. The zero-order valence-electron chi connectivity index (χ0n) is 10.9. The molecule has 0 saturated heterocycles. The molecular weight excluding hydrogens is 230 g/mol. The van der Waals surface area contributed by atoms with Crippen LogP contribution in [-0.4, -0.2) is 4.98 Å². The lowest BCUT2D eigenvalue weighted by atomic mass is 9.82. The van der Waals surface area contributed by atoms with Gasteiger partial charge >= 0.3 is 0 Å². The van der Waals surface area contributed by atoms with Crippen molar-refractivity contribution in [2.24, 2.45) is 0 Å². The third-order valence-corrected chi connectivity index (χ3v) is 4.37. The van der Waals surface area contributed by atoms with Crippen LogP contribution in [0.1, 0.15) is 29.2 Å². The minimum absolute atomic E-state index is 0.674. The molecule has 1 aliphatic rings. The van der Waals surface area contributed by atoms with Crippen LogP contribution in [0.4, 0.5) is 0 Å². The molecule has 0 bridgehead atoms. The number of H-pyrrole nitrogens is 1. The molecule has 0 fully saturated rings. The highest BCUT2D eigenvalue weighted by Gasteiger charge is 2.23. The molecule has 3 aromatic rings. The van der Waals surface area contributed by atoms with Crippen LogP contribution in [0.2, 0.25) is 0 Å². The zero-order valence-corrected chi connectivity index (χ0v) is 10.9. The number of hydrogen-bond acceptors (Lipinski definition) is 0. The fraction of sp³-hybridized carbons (Fsp3) is 0.222. The maximum Gasteiger partial charge on any atom is 0.0458 e. The molecule has 1 N–H and O–H groups in total. The smallest absolute Gasteiger partial charge is 0.0458 e. The Morgan fingerprint density at radius 2 is 1.68 bits per heavy atom. The van der Waals surface area contributed by atoms with Crippen molar-refractivity contribution in [3.63, 3.8) is 0 Å².